The van der Waals surface area contributed by atoms with E-state index in [4.69, 9.17) is 22.6 Å². The van der Waals surface area contributed by atoms with Crippen molar-refractivity contribution in [2.45, 2.75) is 48.7 Å². The lowest BCUT2D eigenvalue weighted by molar-refractivity contribution is 0.0903. The number of aromatic nitrogens is 2. The molecule has 0 saturated carbocycles. The van der Waals surface area contributed by atoms with Crippen molar-refractivity contribution < 1.29 is 8.95 Å². The van der Waals surface area contributed by atoms with E-state index in [0.717, 1.165) is 79.8 Å². The number of fused-ring (bicyclic) bond motifs is 3. The molecule has 1 N–H and O–H groups in total. The smallest absolute Gasteiger partial charge is 0.227 e. The fourth-order valence-electron chi connectivity index (χ4n) is 5.34. The Morgan fingerprint density at radius 2 is 1.81 bits per heavy atom. The molecule has 7 nitrogen and oxygen atoms in total. The third-order valence-electron chi connectivity index (χ3n) is 6.96. The summed E-state index contributed by atoms with van der Waals surface area (Å²) in [5.41, 5.74) is 2.98. The first kappa shape index (κ1) is 19.6. The lowest BCUT2D eigenvalue weighted by Crippen LogP contribution is -2.47. The fourth-order valence-corrected chi connectivity index (χ4v) is 6.65. The molecule has 3 unspecified atom stereocenters. The minimum absolute atomic E-state index is 0.314. The van der Waals surface area contributed by atoms with Gasteiger partial charge < -0.3 is 19.9 Å². The van der Waals surface area contributed by atoms with Gasteiger partial charge in [0, 0.05) is 56.2 Å². The summed E-state index contributed by atoms with van der Waals surface area (Å²) in [6.45, 7) is 3.40. The predicted octanol–water partition coefficient (Wildman–Crippen LogP) is 0.992. The summed E-state index contributed by atoms with van der Waals surface area (Å²) in [7, 11) is 4.84. The summed E-state index contributed by atoms with van der Waals surface area (Å²) in [6.07, 6.45) is 3.77. The monoisotopic (exact) mass is 435 g/mol. The van der Waals surface area contributed by atoms with Gasteiger partial charge in [-0.25, -0.2) is 4.98 Å². The lowest BCUT2D eigenvalue weighted by atomic mass is 9.96. The molecule has 3 fully saturated rings. The van der Waals surface area contributed by atoms with Crippen LogP contribution < -0.4 is 20.6 Å². The van der Waals surface area contributed by atoms with Gasteiger partial charge in [0.25, 0.3) is 0 Å². The Labute approximate surface area is 186 Å². The van der Waals surface area contributed by atoms with Crippen LogP contribution in [0.2, 0.25) is 0 Å². The molecule has 2 aromatic rings. The average Bonchev–Trinajstić information content (AvgIpc) is 3.49. The third kappa shape index (κ3) is 3.51. The first-order chi connectivity index (χ1) is 15.2. The fraction of sp³-hybridized carbons (Fsp3) is 0.545. The van der Waals surface area contributed by atoms with Gasteiger partial charge in [-0.1, -0.05) is 17.6 Å². The molecule has 31 heavy (non-hydrogen) atoms. The number of hydrogen-bond donors (Lipinski definition) is 1. The summed E-state index contributed by atoms with van der Waals surface area (Å²) in [5.74, 6) is 2.21. The zero-order valence-electron chi connectivity index (χ0n) is 17.5. The van der Waals surface area contributed by atoms with Crippen LogP contribution in [-0.4, -0.2) is 72.2 Å². The normalized spacial score (nSPS) is 27.7. The standard InChI is InChI=1S/C22H26BN5O2S/c23-14-1-3-16(4-2-14)27-12-18-11-17(27)13-28(18)22-25-19-7-10-31(29)20(19)21(26-22)24-15-5-8-30-9-6-15/h1-4,15,17-18H,5-13H2,(H,24,25,26). The van der Waals surface area contributed by atoms with E-state index in [2.05, 4.69) is 27.2 Å². The van der Waals surface area contributed by atoms with Crippen molar-refractivity contribution in [3.05, 3.63) is 30.0 Å². The maximum Gasteiger partial charge on any atom is 0.227 e. The number of nitrogens with one attached hydrogen (secondary N) is 1. The molecule has 0 aliphatic carbocycles. The second-order valence-corrected chi connectivity index (χ2v) is 10.4. The average molecular weight is 435 g/mol. The Kier molecular flexibility index (Phi) is 4.91. The van der Waals surface area contributed by atoms with Crippen LogP contribution in [0.25, 0.3) is 0 Å². The minimum atomic E-state index is -1.01. The second-order valence-electron chi connectivity index (χ2n) is 8.92. The van der Waals surface area contributed by atoms with Gasteiger partial charge in [0.2, 0.25) is 5.95 Å². The molecule has 9 heteroatoms. The number of ether oxygens (including phenoxy) is 1. The Hall–Kier alpha value is -2.13. The summed E-state index contributed by atoms with van der Waals surface area (Å²) in [6, 6.07) is 9.31. The van der Waals surface area contributed by atoms with Gasteiger partial charge in [0.1, 0.15) is 18.6 Å². The van der Waals surface area contributed by atoms with E-state index in [1.807, 2.05) is 12.1 Å². The molecule has 0 amide bonds. The molecular weight excluding hydrogens is 409 g/mol. The highest BCUT2D eigenvalue weighted by Gasteiger charge is 2.45. The van der Waals surface area contributed by atoms with Crippen LogP contribution in [0.1, 0.15) is 25.0 Å². The second kappa shape index (κ2) is 7.78. The SMILES string of the molecule is [B]c1ccc(N2CC3CC2CN3c2nc3c(c(NC4CCOCC4)n2)S(=O)CC3)cc1. The summed E-state index contributed by atoms with van der Waals surface area (Å²) in [5, 5.41) is 3.59. The van der Waals surface area contributed by atoms with Crippen molar-refractivity contribution in [1.82, 2.24) is 9.97 Å². The van der Waals surface area contributed by atoms with Crippen LogP contribution in [0.15, 0.2) is 29.2 Å². The molecule has 2 bridgehead atoms. The molecule has 3 atom stereocenters. The molecule has 4 aliphatic heterocycles. The zero-order chi connectivity index (χ0) is 20.9. The van der Waals surface area contributed by atoms with Crippen LogP contribution in [0.4, 0.5) is 17.5 Å². The molecule has 5 heterocycles. The zero-order valence-corrected chi connectivity index (χ0v) is 18.3. The van der Waals surface area contributed by atoms with Crippen molar-refractivity contribution in [2.75, 3.05) is 47.2 Å². The molecule has 6 rings (SSSR count). The van der Waals surface area contributed by atoms with Gasteiger partial charge in [0.05, 0.1) is 22.5 Å². The quantitative estimate of drug-likeness (QED) is 0.719. The lowest BCUT2D eigenvalue weighted by Gasteiger charge is -2.36. The first-order valence-corrected chi connectivity index (χ1v) is 12.5. The largest absolute Gasteiger partial charge is 0.381 e. The van der Waals surface area contributed by atoms with E-state index < -0.39 is 10.8 Å². The maximum absolute atomic E-state index is 12.6. The number of benzene rings is 1. The van der Waals surface area contributed by atoms with Crippen LogP contribution in [0.3, 0.4) is 0 Å². The van der Waals surface area contributed by atoms with Gasteiger partial charge in [-0.3, -0.25) is 4.21 Å². The van der Waals surface area contributed by atoms with E-state index in [1.54, 1.807) is 0 Å². The van der Waals surface area contributed by atoms with Gasteiger partial charge in [0.15, 0.2) is 0 Å². The van der Waals surface area contributed by atoms with E-state index in [-0.39, 0.29) is 0 Å². The Bertz CT molecular complexity index is 1010. The predicted molar refractivity (Wildman–Crippen MR) is 123 cm³/mol. The first-order valence-electron chi connectivity index (χ1n) is 11.2. The molecule has 0 spiro atoms. The number of rotatable bonds is 4. The summed E-state index contributed by atoms with van der Waals surface area (Å²) in [4.78, 5) is 15.5. The highest BCUT2D eigenvalue weighted by atomic mass is 32.2. The topological polar surface area (TPSA) is 70.6 Å². The Morgan fingerprint density at radius 3 is 2.55 bits per heavy atom. The third-order valence-corrected chi connectivity index (χ3v) is 8.42. The molecule has 1 aromatic carbocycles. The summed E-state index contributed by atoms with van der Waals surface area (Å²) < 4.78 is 18.1. The highest BCUT2D eigenvalue weighted by molar-refractivity contribution is 7.85. The molecule has 2 radical (unpaired) electrons. The van der Waals surface area contributed by atoms with Crippen LogP contribution >= 0.6 is 0 Å². The Morgan fingerprint density at radius 1 is 1.06 bits per heavy atom. The van der Waals surface area contributed by atoms with E-state index in [9.17, 15) is 4.21 Å². The summed E-state index contributed by atoms with van der Waals surface area (Å²) >= 11 is 0. The van der Waals surface area contributed by atoms with Gasteiger partial charge in [-0.05, 0) is 31.4 Å². The van der Waals surface area contributed by atoms with Crippen LogP contribution in [0, 0.1) is 0 Å². The van der Waals surface area contributed by atoms with Crippen molar-refractivity contribution in [3.63, 3.8) is 0 Å². The number of aryl methyl sites for hydroxylation is 1. The highest BCUT2D eigenvalue weighted by Crippen LogP contribution is 2.38. The van der Waals surface area contributed by atoms with Crippen molar-refractivity contribution in [3.8, 4) is 0 Å². The molecular formula is C22H26BN5O2S. The van der Waals surface area contributed by atoms with E-state index in [1.165, 1.54) is 5.69 Å². The number of nitrogens with zero attached hydrogens (tertiary/aromatic N) is 4. The van der Waals surface area contributed by atoms with Gasteiger partial charge in [-0.2, -0.15) is 4.98 Å². The van der Waals surface area contributed by atoms with Gasteiger partial charge >= 0.3 is 0 Å². The van der Waals surface area contributed by atoms with Crippen LogP contribution in [-0.2, 0) is 22.0 Å². The van der Waals surface area contributed by atoms with Gasteiger partial charge in [-0.15, -0.1) is 0 Å². The molecule has 160 valence electrons. The number of hydrogen-bond acceptors (Lipinski definition) is 7. The molecule has 1 aromatic heterocycles. The Balaban J connectivity index is 1.26. The number of anilines is 3. The van der Waals surface area contributed by atoms with E-state index in [0.29, 0.717) is 23.9 Å². The van der Waals surface area contributed by atoms with Crippen LogP contribution in [0.5, 0.6) is 0 Å². The minimum Gasteiger partial charge on any atom is -0.381 e. The van der Waals surface area contributed by atoms with Crippen molar-refractivity contribution >= 4 is 41.6 Å². The number of piperazine rings is 1. The maximum atomic E-state index is 12.6. The van der Waals surface area contributed by atoms with Crippen molar-refractivity contribution in [2.24, 2.45) is 0 Å². The molecule has 4 aliphatic rings. The van der Waals surface area contributed by atoms with Crippen molar-refractivity contribution in [1.29, 1.82) is 0 Å². The van der Waals surface area contributed by atoms with E-state index >= 15 is 0 Å². The molecule has 3 saturated heterocycles.